The second kappa shape index (κ2) is 6.40. The minimum absolute atomic E-state index is 0.00644. The van der Waals surface area contributed by atoms with E-state index in [1.165, 1.54) is 0 Å². The minimum atomic E-state index is 0.00644. The molecule has 4 nitrogen and oxygen atoms in total. The smallest absolute Gasteiger partial charge is 0.253 e. The van der Waals surface area contributed by atoms with Gasteiger partial charge in [-0.15, -0.1) is 0 Å². The SMILES string of the molecule is CCCCOc1cccc(N2CCOCC2=O)c1. The third-order valence-corrected chi connectivity index (χ3v) is 2.88. The fourth-order valence-electron chi connectivity index (χ4n) is 1.87. The summed E-state index contributed by atoms with van der Waals surface area (Å²) in [5.74, 6) is 0.826. The van der Waals surface area contributed by atoms with Gasteiger partial charge in [0.1, 0.15) is 12.4 Å². The number of morpholine rings is 1. The van der Waals surface area contributed by atoms with Gasteiger partial charge >= 0.3 is 0 Å². The predicted molar refractivity (Wildman–Crippen MR) is 70.0 cm³/mol. The van der Waals surface area contributed by atoms with Crippen LogP contribution in [-0.2, 0) is 9.53 Å². The van der Waals surface area contributed by atoms with Crippen LogP contribution in [0, 0.1) is 0 Å². The van der Waals surface area contributed by atoms with Crippen molar-refractivity contribution in [2.45, 2.75) is 19.8 Å². The number of rotatable bonds is 5. The molecule has 1 aliphatic heterocycles. The summed E-state index contributed by atoms with van der Waals surface area (Å²) in [6.45, 7) is 4.22. The average molecular weight is 249 g/mol. The van der Waals surface area contributed by atoms with Gasteiger partial charge in [-0.2, -0.15) is 0 Å². The summed E-state index contributed by atoms with van der Waals surface area (Å²) in [6, 6.07) is 7.68. The number of anilines is 1. The molecule has 98 valence electrons. The molecule has 1 fully saturated rings. The maximum atomic E-state index is 11.7. The zero-order valence-corrected chi connectivity index (χ0v) is 10.7. The third-order valence-electron chi connectivity index (χ3n) is 2.88. The summed E-state index contributed by atoms with van der Waals surface area (Å²) in [5.41, 5.74) is 0.886. The van der Waals surface area contributed by atoms with E-state index in [1.807, 2.05) is 24.3 Å². The molecule has 2 rings (SSSR count). The minimum Gasteiger partial charge on any atom is -0.494 e. The molecule has 1 aromatic rings. The first kappa shape index (κ1) is 12.9. The van der Waals surface area contributed by atoms with Gasteiger partial charge in [0, 0.05) is 18.3 Å². The number of hydrogen-bond acceptors (Lipinski definition) is 3. The van der Waals surface area contributed by atoms with Gasteiger partial charge in [-0.3, -0.25) is 4.79 Å². The van der Waals surface area contributed by atoms with E-state index >= 15 is 0 Å². The molecule has 1 amide bonds. The molecule has 0 saturated carbocycles. The lowest BCUT2D eigenvalue weighted by molar-refractivity contribution is -0.125. The standard InChI is InChI=1S/C14H19NO3/c1-2-3-8-18-13-6-4-5-12(10-13)15-7-9-17-11-14(15)16/h4-6,10H,2-3,7-9,11H2,1H3. The van der Waals surface area contributed by atoms with E-state index in [9.17, 15) is 4.79 Å². The van der Waals surface area contributed by atoms with Crippen LogP contribution in [0.15, 0.2) is 24.3 Å². The molecule has 0 N–H and O–H groups in total. The lowest BCUT2D eigenvalue weighted by Crippen LogP contribution is -2.41. The van der Waals surface area contributed by atoms with E-state index < -0.39 is 0 Å². The lowest BCUT2D eigenvalue weighted by Gasteiger charge is -2.27. The molecule has 0 atom stereocenters. The normalized spacial score (nSPS) is 15.8. The molecule has 4 heteroatoms. The number of benzene rings is 1. The Balaban J connectivity index is 2.03. The van der Waals surface area contributed by atoms with Crippen LogP contribution >= 0.6 is 0 Å². The van der Waals surface area contributed by atoms with Crippen LogP contribution in [0.3, 0.4) is 0 Å². The fraction of sp³-hybridized carbons (Fsp3) is 0.500. The Labute approximate surface area is 107 Å². The number of unbranched alkanes of at least 4 members (excludes halogenated alkanes) is 1. The van der Waals surface area contributed by atoms with Gasteiger partial charge < -0.3 is 14.4 Å². The van der Waals surface area contributed by atoms with Gasteiger partial charge in [0.05, 0.1) is 13.2 Å². The highest BCUT2D eigenvalue weighted by molar-refractivity contribution is 5.95. The Kier molecular flexibility index (Phi) is 4.59. The van der Waals surface area contributed by atoms with Gasteiger partial charge in [-0.25, -0.2) is 0 Å². The van der Waals surface area contributed by atoms with E-state index in [0.717, 1.165) is 30.9 Å². The van der Waals surface area contributed by atoms with Gasteiger partial charge in [0.25, 0.3) is 5.91 Å². The molecule has 1 saturated heterocycles. The molecule has 0 unspecified atom stereocenters. The molecule has 0 bridgehead atoms. The maximum absolute atomic E-state index is 11.7. The quantitative estimate of drug-likeness (QED) is 0.751. The Morgan fingerprint density at radius 2 is 2.33 bits per heavy atom. The Morgan fingerprint density at radius 1 is 1.44 bits per heavy atom. The topological polar surface area (TPSA) is 38.8 Å². The molecular weight excluding hydrogens is 230 g/mol. The van der Waals surface area contributed by atoms with Gasteiger partial charge in [0.15, 0.2) is 0 Å². The number of hydrogen-bond donors (Lipinski definition) is 0. The number of carbonyl (C=O) groups excluding carboxylic acids is 1. The number of ether oxygens (including phenoxy) is 2. The van der Waals surface area contributed by atoms with Crippen molar-refractivity contribution in [2.75, 3.05) is 31.3 Å². The van der Waals surface area contributed by atoms with Crippen LogP contribution < -0.4 is 9.64 Å². The van der Waals surface area contributed by atoms with Crippen molar-refractivity contribution in [3.8, 4) is 5.75 Å². The molecule has 0 spiro atoms. The largest absolute Gasteiger partial charge is 0.494 e. The van der Waals surface area contributed by atoms with Crippen LogP contribution in [0.1, 0.15) is 19.8 Å². The summed E-state index contributed by atoms with van der Waals surface area (Å²) in [4.78, 5) is 13.5. The maximum Gasteiger partial charge on any atom is 0.253 e. The van der Waals surface area contributed by atoms with Crippen LogP contribution in [0.25, 0.3) is 0 Å². The summed E-state index contributed by atoms with van der Waals surface area (Å²) in [7, 11) is 0. The van der Waals surface area contributed by atoms with Gasteiger partial charge in [0.2, 0.25) is 0 Å². The lowest BCUT2D eigenvalue weighted by atomic mass is 10.2. The molecule has 1 heterocycles. The van der Waals surface area contributed by atoms with Crippen molar-refractivity contribution in [1.29, 1.82) is 0 Å². The molecule has 0 radical (unpaired) electrons. The van der Waals surface area contributed by atoms with E-state index in [4.69, 9.17) is 9.47 Å². The highest BCUT2D eigenvalue weighted by Gasteiger charge is 2.20. The van der Waals surface area contributed by atoms with E-state index in [-0.39, 0.29) is 12.5 Å². The van der Waals surface area contributed by atoms with Gasteiger partial charge in [-0.05, 0) is 18.6 Å². The van der Waals surface area contributed by atoms with Crippen LogP contribution in [0.4, 0.5) is 5.69 Å². The molecular formula is C14H19NO3. The summed E-state index contributed by atoms with van der Waals surface area (Å²) < 4.78 is 10.8. The van der Waals surface area contributed by atoms with E-state index in [1.54, 1.807) is 4.90 Å². The van der Waals surface area contributed by atoms with Crippen LogP contribution in [0.2, 0.25) is 0 Å². The van der Waals surface area contributed by atoms with Crippen molar-refractivity contribution in [2.24, 2.45) is 0 Å². The zero-order chi connectivity index (χ0) is 12.8. The first-order valence-corrected chi connectivity index (χ1v) is 6.42. The first-order valence-electron chi connectivity index (χ1n) is 6.42. The van der Waals surface area contributed by atoms with Crippen molar-refractivity contribution in [3.63, 3.8) is 0 Å². The number of nitrogens with zero attached hydrogens (tertiary/aromatic N) is 1. The highest BCUT2D eigenvalue weighted by Crippen LogP contribution is 2.22. The van der Waals surface area contributed by atoms with Crippen molar-refractivity contribution in [3.05, 3.63) is 24.3 Å². The Morgan fingerprint density at radius 3 is 3.11 bits per heavy atom. The number of carbonyl (C=O) groups is 1. The van der Waals surface area contributed by atoms with E-state index in [0.29, 0.717) is 13.2 Å². The van der Waals surface area contributed by atoms with Crippen molar-refractivity contribution < 1.29 is 14.3 Å². The second-order valence-corrected chi connectivity index (χ2v) is 4.30. The zero-order valence-electron chi connectivity index (χ0n) is 10.7. The fourth-order valence-corrected chi connectivity index (χ4v) is 1.87. The van der Waals surface area contributed by atoms with Gasteiger partial charge in [-0.1, -0.05) is 19.4 Å². The first-order chi connectivity index (χ1) is 8.81. The highest BCUT2D eigenvalue weighted by atomic mass is 16.5. The predicted octanol–water partition coefficient (Wildman–Crippen LogP) is 2.23. The van der Waals surface area contributed by atoms with E-state index in [2.05, 4.69) is 6.92 Å². The Hall–Kier alpha value is -1.55. The average Bonchev–Trinajstić information content (AvgIpc) is 2.40. The summed E-state index contributed by atoms with van der Waals surface area (Å²) in [6.07, 6.45) is 2.16. The Bertz CT molecular complexity index is 406. The van der Waals surface area contributed by atoms with Crippen LogP contribution in [0.5, 0.6) is 5.75 Å². The van der Waals surface area contributed by atoms with Crippen LogP contribution in [-0.4, -0.2) is 32.3 Å². The molecule has 18 heavy (non-hydrogen) atoms. The third kappa shape index (κ3) is 3.23. The van der Waals surface area contributed by atoms with Crippen molar-refractivity contribution in [1.82, 2.24) is 0 Å². The summed E-state index contributed by atoms with van der Waals surface area (Å²) in [5, 5.41) is 0. The second-order valence-electron chi connectivity index (χ2n) is 4.30. The number of amides is 1. The molecule has 0 aliphatic carbocycles. The molecule has 1 aliphatic rings. The van der Waals surface area contributed by atoms with Crippen molar-refractivity contribution >= 4 is 11.6 Å². The molecule has 0 aromatic heterocycles. The molecule has 1 aromatic carbocycles. The monoisotopic (exact) mass is 249 g/mol. The summed E-state index contributed by atoms with van der Waals surface area (Å²) >= 11 is 0.